The number of rotatable bonds is 4. The van der Waals surface area contributed by atoms with E-state index in [1.807, 2.05) is 6.92 Å². The van der Waals surface area contributed by atoms with Crippen LogP contribution in [0.2, 0.25) is 0 Å². The van der Waals surface area contributed by atoms with Crippen molar-refractivity contribution in [2.45, 2.75) is 52.2 Å². The van der Waals surface area contributed by atoms with Gasteiger partial charge in [-0.15, -0.1) is 0 Å². The molecule has 0 heterocycles. The van der Waals surface area contributed by atoms with Crippen molar-refractivity contribution in [1.29, 1.82) is 0 Å². The van der Waals surface area contributed by atoms with Gasteiger partial charge in [-0.2, -0.15) is 0 Å². The smallest absolute Gasteiger partial charge is 0.165 e. The third-order valence-corrected chi connectivity index (χ3v) is 4.41. The predicted octanol–water partition coefficient (Wildman–Crippen LogP) is 3.45. The van der Waals surface area contributed by atoms with E-state index >= 15 is 0 Å². The van der Waals surface area contributed by atoms with Crippen LogP contribution in [0.25, 0.3) is 0 Å². The first-order valence-electron chi connectivity index (χ1n) is 6.64. The van der Waals surface area contributed by atoms with Crippen molar-refractivity contribution in [3.8, 4) is 5.75 Å². The van der Waals surface area contributed by atoms with Gasteiger partial charge in [0.05, 0.1) is 6.10 Å². The lowest BCUT2D eigenvalue weighted by atomic mass is 9.60. The van der Waals surface area contributed by atoms with Gasteiger partial charge in [-0.1, -0.05) is 19.9 Å². The lowest BCUT2D eigenvalue weighted by molar-refractivity contribution is -0.160. The third-order valence-electron chi connectivity index (χ3n) is 4.41. The fourth-order valence-electron chi connectivity index (χ4n) is 2.92. The Hall–Kier alpha value is -1.09. The fourth-order valence-corrected chi connectivity index (χ4v) is 2.92. The SMILES string of the molecule is CCC1(CC)C(O)CC1Oc1cc(C)ccc1F. The van der Waals surface area contributed by atoms with Crippen molar-refractivity contribution in [2.75, 3.05) is 0 Å². The van der Waals surface area contributed by atoms with Gasteiger partial charge in [0.25, 0.3) is 0 Å². The molecule has 1 aliphatic carbocycles. The van der Waals surface area contributed by atoms with E-state index in [1.165, 1.54) is 6.07 Å². The number of halogens is 1. The van der Waals surface area contributed by atoms with E-state index < -0.39 is 0 Å². The number of aliphatic hydroxyl groups is 1. The molecular formula is C15H21FO2. The molecule has 0 amide bonds. The Kier molecular flexibility index (Phi) is 3.62. The number of aryl methyl sites for hydroxylation is 1. The van der Waals surface area contributed by atoms with Gasteiger partial charge < -0.3 is 9.84 Å². The first kappa shape index (κ1) is 13.3. The summed E-state index contributed by atoms with van der Waals surface area (Å²) in [5.41, 5.74) is 0.765. The fraction of sp³-hybridized carbons (Fsp3) is 0.600. The van der Waals surface area contributed by atoms with Crippen molar-refractivity contribution < 1.29 is 14.2 Å². The summed E-state index contributed by atoms with van der Waals surface area (Å²) >= 11 is 0. The molecule has 0 saturated heterocycles. The molecule has 2 nitrogen and oxygen atoms in total. The van der Waals surface area contributed by atoms with Crippen molar-refractivity contribution in [2.24, 2.45) is 5.41 Å². The highest BCUT2D eigenvalue weighted by atomic mass is 19.1. The summed E-state index contributed by atoms with van der Waals surface area (Å²) in [6, 6.07) is 4.88. The maximum atomic E-state index is 13.7. The van der Waals surface area contributed by atoms with E-state index in [4.69, 9.17) is 4.74 Å². The zero-order valence-electron chi connectivity index (χ0n) is 11.2. The number of benzene rings is 1. The van der Waals surface area contributed by atoms with Gasteiger partial charge in [0.1, 0.15) is 6.10 Å². The molecule has 0 aromatic heterocycles. The lowest BCUT2D eigenvalue weighted by Gasteiger charge is -2.52. The maximum absolute atomic E-state index is 13.7. The van der Waals surface area contributed by atoms with Crippen molar-refractivity contribution in [1.82, 2.24) is 0 Å². The van der Waals surface area contributed by atoms with Crippen LogP contribution >= 0.6 is 0 Å². The zero-order chi connectivity index (χ0) is 13.3. The Morgan fingerprint density at radius 3 is 2.61 bits per heavy atom. The van der Waals surface area contributed by atoms with E-state index in [-0.39, 0.29) is 23.4 Å². The van der Waals surface area contributed by atoms with Gasteiger partial charge in [0.2, 0.25) is 0 Å². The Bertz CT molecular complexity index is 427. The van der Waals surface area contributed by atoms with Crippen LogP contribution in [0.1, 0.15) is 38.7 Å². The number of hydrogen-bond donors (Lipinski definition) is 1. The van der Waals surface area contributed by atoms with Gasteiger partial charge >= 0.3 is 0 Å². The molecule has 1 aromatic carbocycles. The summed E-state index contributed by atoms with van der Waals surface area (Å²) in [7, 11) is 0. The summed E-state index contributed by atoms with van der Waals surface area (Å²) in [5, 5.41) is 9.96. The van der Waals surface area contributed by atoms with Gasteiger partial charge in [0, 0.05) is 11.8 Å². The standard InChI is InChI=1S/C15H21FO2/c1-4-15(5-2)13(17)9-14(15)18-12-8-10(3)6-7-11(12)16/h6-8,13-14,17H,4-5,9H2,1-3H3. The Morgan fingerprint density at radius 2 is 2.06 bits per heavy atom. The summed E-state index contributed by atoms with van der Waals surface area (Å²) in [5.74, 6) is -0.0266. The molecule has 2 atom stereocenters. The summed E-state index contributed by atoms with van der Waals surface area (Å²) in [4.78, 5) is 0. The molecule has 0 aliphatic heterocycles. The topological polar surface area (TPSA) is 29.5 Å². The molecule has 18 heavy (non-hydrogen) atoms. The second-order valence-electron chi connectivity index (χ2n) is 5.23. The highest BCUT2D eigenvalue weighted by Gasteiger charge is 2.53. The van der Waals surface area contributed by atoms with Crippen LogP contribution in [0, 0.1) is 18.2 Å². The first-order valence-corrected chi connectivity index (χ1v) is 6.64. The summed E-state index contributed by atoms with van der Waals surface area (Å²) in [6.07, 6.45) is 1.88. The van der Waals surface area contributed by atoms with E-state index in [9.17, 15) is 9.50 Å². The van der Waals surface area contributed by atoms with Crippen LogP contribution in [-0.4, -0.2) is 17.3 Å². The van der Waals surface area contributed by atoms with Crippen LogP contribution in [0.15, 0.2) is 18.2 Å². The zero-order valence-corrected chi connectivity index (χ0v) is 11.2. The number of ether oxygens (including phenoxy) is 1. The molecule has 0 bridgehead atoms. The van der Waals surface area contributed by atoms with Crippen molar-refractivity contribution in [3.05, 3.63) is 29.6 Å². The lowest BCUT2D eigenvalue weighted by Crippen LogP contribution is -2.59. The van der Waals surface area contributed by atoms with Crippen LogP contribution < -0.4 is 4.74 Å². The van der Waals surface area contributed by atoms with Crippen LogP contribution in [-0.2, 0) is 0 Å². The highest BCUT2D eigenvalue weighted by Crippen LogP contribution is 2.49. The molecule has 1 N–H and O–H groups in total. The van der Waals surface area contributed by atoms with Crippen molar-refractivity contribution >= 4 is 0 Å². The molecule has 1 aliphatic rings. The largest absolute Gasteiger partial charge is 0.487 e. The summed E-state index contributed by atoms with van der Waals surface area (Å²) < 4.78 is 19.5. The molecule has 2 rings (SSSR count). The number of hydrogen-bond acceptors (Lipinski definition) is 2. The Balaban J connectivity index is 2.17. The average molecular weight is 252 g/mol. The van der Waals surface area contributed by atoms with Crippen molar-refractivity contribution in [3.63, 3.8) is 0 Å². The van der Waals surface area contributed by atoms with Gasteiger partial charge in [-0.25, -0.2) is 4.39 Å². The highest BCUT2D eigenvalue weighted by molar-refractivity contribution is 5.30. The van der Waals surface area contributed by atoms with E-state index in [0.717, 1.165) is 18.4 Å². The Morgan fingerprint density at radius 1 is 1.39 bits per heavy atom. The van der Waals surface area contributed by atoms with E-state index in [0.29, 0.717) is 12.2 Å². The van der Waals surface area contributed by atoms with E-state index in [1.54, 1.807) is 12.1 Å². The van der Waals surface area contributed by atoms with Gasteiger partial charge in [-0.3, -0.25) is 0 Å². The quantitative estimate of drug-likeness (QED) is 0.889. The molecule has 2 unspecified atom stereocenters. The minimum atomic E-state index is -0.330. The maximum Gasteiger partial charge on any atom is 0.165 e. The molecule has 1 fully saturated rings. The first-order chi connectivity index (χ1) is 8.53. The average Bonchev–Trinajstić information content (AvgIpc) is 2.35. The molecular weight excluding hydrogens is 231 g/mol. The van der Waals surface area contributed by atoms with Crippen LogP contribution in [0.4, 0.5) is 4.39 Å². The predicted molar refractivity (Wildman–Crippen MR) is 69.2 cm³/mol. The summed E-state index contributed by atoms with van der Waals surface area (Å²) in [6.45, 7) is 6.01. The van der Waals surface area contributed by atoms with E-state index in [2.05, 4.69) is 13.8 Å². The number of aliphatic hydroxyl groups excluding tert-OH is 1. The molecule has 1 aromatic rings. The molecule has 1 saturated carbocycles. The Labute approximate surface area is 108 Å². The second kappa shape index (κ2) is 4.88. The normalized spacial score (nSPS) is 25.6. The second-order valence-corrected chi connectivity index (χ2v) is 5.23. The van der Waals surface area contributed by atoms with Crippen LogP contribution in [0.3, 0.4) is 0 Å². The minimum absolute atomic E-state index is 0.0844. The molecule has 100 valence electrons. The van der Waals surface area contributed by atoms with Gasteiger partial charge in [0.15, 0.2) is 11.6 Å². The molecule has 3 heteroatoms. The van der Waals surface area contributed by atoms with Gasteiger partial charge in [-0.05, 0) is 37.5 Å². The monoisotopic (exact) mass is 252 g/mol. The third kappa shape index (κ3) is 2.01. The molecule has 0 radical (unpaired) electrons. The minimum Gasteiger partial charge on any atom is -0.487 e. The van der Waals surface area contributed by atoms with Crippen LogP contribution in [0.5, 0.6) is 5.75 Å². The molecule has 0 spiro atoms.